The zero-order chi connectivity index (χ0) is 15.0. The number of anilines is 2. The van der Waals surface area contributed by atoms with E-state index in [2.05, 4.69) is 17.6 Å². The number of benzene rings is 1. The first-order valence-electron chi connectivity index (χ1n) is 7.00. The molecule has 0 spiro atoms. The maximum atomic E-state index is 11.4. The predicted octanol–water partition coefficient (Wildman–Crippen LogP) is 2.67. The molecule has 1 aliphatic heterocycles. The molecule has 21 heavy (non-hydrogen) atoms. The van der Waals surface area contributed by atoms with Crippen LogP contribution in [0.2, 0.25) is 0 Å². The van der Waals surface area contributed by atoms with Gasteiger partial charge in [-0.05, 0) is 25.8 Å². The van der Waals surface area contributed by atoms with Crippen molar-refractivity contribution >= 4 is 23.0 Å². The molecule has 1 amide bonds. The molecular formula is C14H17N3O4. The van der Waals surface area contributed by atoms with Gasteiger partial charge in [0.15, 0.2) is 12.4 Å². The number of rotatable bonds is 3. The lowest BCUT2D eigenvalue weighted by Gasteiger charge is -2.27. The van der Waals surface area contributed by atoms with Crippen LogP contribution in [0.5, 0.6) is 5.75 Å². The summed E-state index contributed by atoms with van der Waals surface area (Å²) in [5.74, 6) is 0.0813. The molecular weight excluding hydrogens is 274 g/mol. The number of carbonyl (C=O) groups is 1. The van der Waals surface area contributed by atoms with Crippen LogP contribution < -0.4 is 15.4 Å². The van der Waals surface area contributed by atoms with Crippen molar-refractivity contribution in [2.45, 2.75) is 38.1 Å². The molecule has 3 rings (SSSR count). The highest BCUT2D eigenvalue weighted by Gasteiger charge is 2.32. The van der Waals surface area contributed by atoms with Gasteiger partial charge >= 0.3 is 0 Å². The largest absolute Gasteiger partial charge is 0.481 e. The molecule has 1 aromatic carbocycles. The first-order chi connectivity index (χ1) is 9.97. The number of nitrogens with one attached hydrogen (secondary N) is 2. The Bertz CT molecular complexity index is 608. The van der Waals surface area contributed by atoms with Crippen LogP contribution in [0.15, 0.2) is 12.1 Å². The minimum absolute atomic E-state index is 0.0296. The highest BCUT2D eigenvalue weighted by atomic mass is 16.6. The zero-order valence-corrected chi connectivity index (χ0v) is 11.8. The van der Waals surface area contributed by atoms with Gasteiger partial charge in [0, 0.05) is 5.54 Å². The number of nitro benzene ring substituents is 1. The maximum Gasteiger partial charge on any atom is 0.296 e. The maximum absolute atomic E-state index is 11.4. The van der Waals surface area contributed by atoms with Gasteiger partial charge in [0.1, 0.15) is 5.69 Å². The number of carbonyl (C=O) groups excluding carboxylic acids is 1. The van der Waals surface area contributed by atoms with Crippen molar-refractivity contribution in [1.29, 1.82) is 0 Å². The average Bonchev–Trinajstić information content (AvgIpc) is 2.84. The molecule has 7 nitrogen and oxygen atoms in total. The van der Waals surface area contributed by atoms with Crippen molar-refractivity contribution in [3.63, 3.8) is 0 Å². The molecule has 0 unspecified atom stereocenters. The molecule has 0 saturated heterocycles. The number of hydrogen-bond donors (Lipinski definition) is 2. The molecule has 1 saturated carbocycles. The summed E-state index contributed by atoms with van der Waals surface area (Å²) < 4.78 is 5.23. The molecule has 1 fully saturated rings. The van der Waals surface area contributed by atoms with Crippen LogP contribution in [0, 0.1) is 10.1 Å². The Hall–Kier alpha value is -2.31. The van der Waals surface area contributed by atoms with Crippen molar-refractivity contribution in [2.75, 3.05) is 17.2 Å². The van der Waals surface area contributed by atoms with Crippen LogP contribution in [-0.4, -0.2) is 23.0 Å². The lowest BCUT2D eigenvalue weighted by Crippen LogP contribution is -2.31. The second-order valence-corrected chi connectivity index (χ2v) is 5.85. The first-order valence-corrected chi connectivity index (χ1v) is 7.00. The summed E-state index contributed by atoms with van der Waals surface area (Å²) in [7, 11) is 0. The summed E-state index contributed by atoms with van der Waals surface area (Å²) in [5, 5.41) is 17.2. The number of nitrogens with zero attached hydrogens (tertiary/aromatic N) is 1. The highest BCUT2D eigenvalue weighted by molar-refractivity contribution is 5.96. The van der Waals surface area contributed by atoms with E-state index in [1.807, 2.05) is 0 Å². The standard InChI is InChI=1S/C14H17N3O4/c1-14(4-2-3-5-14)16-9-6-10-12(7-11(9)17(19)20)21-8-13(18)15-10/h6-7,16H,2-5,8H2,1H3,(H,15,18). The van der Waals surface area contributed by atoms with Crippen LogP contribution in [0.3, 0.4) is 0 Å². The number of fused-ring (bicyclic) bond motifs is 1. The number of nitro groups is 1. The second kappa shape index (κ2) is 4.91. The Morgan fingerprint density at radius 3 is 2.76 bits per heavy atom. The Morgan fingerprint density at radius 2 is 2.10 bits per heavy atom. The molecule has 0 bridgehead atoms. The predicted molar refractivity (Wildman–Crippen MR) is 77.7 cm³/mol. The number of hydrogen-bond acceptors (Lipinski definition) is 5. The number of ether oxygens (including phenoxy) is 1. The number of amides is 1. The molecule has 1 aliphatic carbocycles. The smallest absolute Gasteiger partial charge is 0.296 e. The molecule has 2 aliphatic rings. The lowest BCUT2D eigenvalue weighted by molar-refractivity contribution is -0.384. The fraction of sp³-hybridized carbons (Fsp3) is 0.500. The van der Waals surface area contributed by atoms with Gasteiger partial charge in [0.05, 0.1) is 16.7 Å². The summed E-state index contributed by atoms with van der Waals surface area (Å²) in [6.07, 6.45) is 4.18. The Balaban J connectivity index is 1.99. The van der Waals surface area contributed by atoms with E-state index in [0.717, 1.165) is 25.7 Å². The quantitative estimate of drug-likeness (QED) is 0.659. The van der Waals surface area contributed by atoms with E-state index in [9.17, 15) is 14.9 Å². The van der Waals surface area contributed by atoms with E-state index < -0.39 is 4.92 Å². The lowest BCUT2D eigenvalue weighted by atomic mass is 10.00. The third-order valence-electron chi connectivity index (χ3n) is 4.07. The SMILES string of the molecule is CC1(Nc2cc3c(cc2[N+](=O)[O-])OCC(=O)N3)CCCC1. The van der Waals surface area contributed by atoms with Gasteiger partial charge in [0.25, 0.3) is 11.6 Å². The zero-order valence-electron chi connectivity index (χ0n) is 11.8. The van der Waals surface area contributed by atoms with Gasteiger partial charge in [0.2, 0.25) is 0 Å². The van der Waals surface area contributed by atoms with E-state index in [0.29, 0.717) is 17.1 Å². The Labute approximate surface area is 121 Å². The molecule has 0 atom stereocenters. The fourth-order valence-electron chi connectivity index (χ4n) is 2.97. The average molecular weight is 291 g/mol. The van der Waals surface area contributed by atoms with E-state index in [1.54, 1.807) is 6.07 Å². The minimum Gasteiger partial charge on any atom is -0.481 e. The van der Waals surface area contributed by atoms with Gasteiger partial charge < -0.3 is 15.4 Å². The third-order valence-corrected chi connectivity index (χ3v) is 4.07. The van der Waals surface area contributed by atoms with Crippen LogP contribution in [0.25, 0.3) is 0 Å². The fourth-order valence-corrected chi connectivity index (χ4v) is 2.97. The summed E-state index contributed by atoms with van der Waals surface area (Å²) in [4.78, 5) is 22.2. The summed E-state index contributed by atoms with van der Waals surface area (Å²) in [6.45, 7) is 1.95. The van der Waals surface area contributed by atoms with Crippen molar-refractivity contribution in [3.05, 3.63) is 22.2 Å². The monoisotopic (exact) mass is 291 g/mol. The Kier molecular flexibility index (Phi) is 3.19. The second-order valence-electron chi connectivity index (χ2n) is 5.85. The normalized spacial score (nSPS) is 19.4. The molecule has 0 radical (unpaired) electrons. The van der Waals surface area contributed by atoms with Crippen molar-refractivity contribution < 1.29 is 14.5 Å². The Morgan fingerprint density at radius 1 is 1.38 bits per heavy atom. The van der Waals surface area contributed by atoms with Gasteiger partial charge in [-0.3, -0.25) is 14.9 Å². The third kappa shape index (κ3) is 2.63. The van der Waals surface area contributed by atoms with Crippen LogP contribution in [0.1, 0.15) is 32.6 Å². The van der Waals surface area contributed by atoms with E-state index >= 15 is 0 Å². The molecule has 1 heterocycles. The van der Waals surface area contributed by atoms with Crippen molar-refractivity contribution in [3.8, 4) is 5.75 Å². The first kappa shape index (κ1) is 13.7. The summed E-state index contributed by atoms with van der Waals surface area (Å²) in [5.41, 5.74) is 0.728. The van der Waals surface area contributed by atoms with E-state index in [1.165, 1.54) is 6.07 Å². The molecule has 112 valence electrons. The summed E-state index contributed by atoms with van der Waals surface area (Å²) in [6, 6.07) is 2.96. The van der Waals surface area contributed by atoms with Gasteiger partial charge in [-0.25, -0.2) is 0 Å². The van der Waals surface area contributed by atoms with Gasteiger partial charge in [-0.15, -0.1) is 0 Å². The van der Waals surface area contributed by atoms with Crippen molar-refractivity contribution in [2.24, 2.45) is 0 Å². The molecule has 7 heteroatoms. The van der Waals surface area contributed by atoms with Crippen LogP contribution in [0.4, 0.5) is 17.1 Å². The molecule has 1 aromatic rings. The van der Waals surface area contributed by atoms with E-state index in [4.69, 9.17) is 4.74 Å². The van der Waals surface area contributed by atoms with Gasteiger partial charge in [-0.2, -0.15) is 0 Å². The molecule has 2 N–H and O–H groups in total. The summed E-state index contributed by atoms with van der Waals surface area (Å²) >= 11 is 0. The topological polar surface area (TPSA) is 93.5 Å². The minimum atomic E-state index is -0.430. The molecule has 0 aromatic heterocycles. The van der Waals surface area contributed by atoms with Gasteiger partial charge in [-0.1, -0.05) is 12.8 Å². The van der Waals surface area contributed by atoms with Crippen molar-refractivity contribution in [1.82, 2.24) is 0 Å². The van der Waals surface area contributed by atoms with E-state index in [-0.39, 0.29) is 23.7 Å². The van der Waals surface area contributed by atoms with Crippen LogP contribution >= 0.6 is 0 Å². The highest BCUT2D eigenvalue weighted by Crippen LogP contribution is 2.41. The van der Waals surface area contributed by atoms with Crippen LogP contribution in [-0.2, 0) is 4.79 Å².